The standard InChI is InChI=1S/C10H15N3O2/c1-13-9(3-5-12-13)7-2-4-11-6-8(7)10(14)15/h3,5,7-8,11H,2,4,6H2,1H3,(H,14,15). The Morgan fingerprint density at radius 1 is 1.73 bits per heavy atom. The van der Waals surface area contributed by atoms with Crippen molar-refractivity contribution >= 4 is 5.97 Å². The van der Waals surface area contributed by atoms with E-state index in [1.54, 1.807) is 10.9 Å². The zero-order chi connectivity index (χ0) is 10.8. The summed E-state index contributed by atoms with van der Waals surface area (Å²) in [5.41, 5.74) is 1.02. The van der Waals surface area contributed by atoms with E-state index in [0.717, 1.165) is 18.7 Å². The fourth-order valence-corrected chi connectivity index (χ4v) is 2.22. The number of aromatic nitrogens is 2. The summed E-state index contributed by atoms with van der Waals surface area (Å²) in [5.74, 6) is -0.987. The Bertz CT molecular complexity index is 361. The Kier molecular flexibility index (Phi) is 2.73. The van der Waals surface area contributed by atoms with E-state index in [0.29, 0.717) is 6.54 Å². The summed E-state index contributed by atoms with van der Waals surface area (Å²) in [4.78, 5) is 11.1. The van der Waals surface area contributed by atoms with Gasteiger partial charge in [0.2, 0.25) is 0 Å². The number of aryl methyl sites for hydroxylation is 1. The molecule has 5 heteroatoms. The number of rotatable bonds is 2. The van der Waals surface area contributed by atoms with Crippen LogP contribution < -0.4 is 5.32 Å². The first-order chi connectivity index (χ1) is 7.20. The molecule has 2 atom stereocenters. The van der Waals surface area contributed by atoms with Gasteiger partial charge in [-0.05, 0) is 19.0 Å². The highest BCUT2D eigenvalue weighted by atomic mass is 16.4. The molecule has 2 N–H and O–H groups in total. The molecule has 2 heterocycles. The van der Waals surface area contributed by atoms with Crippen LogP contribution in [0.5, 0.6) is 0 Å². The monoisotopic (exact) mass is 209 g/mol. The molecule has 0 aromatic carbocycles. The molecule has 15 heavy (non-hydrogen) atoms. The van der Waals surface area contributed by atoms with Crippen LogP contribution in [0.3, 0.4) is 0 Å². The second-order valence-electron chi connectivity index (χ2n) is 3.92. The van der Waals surface area contributed by atoms with Crippen molar-refractivity contribution in [1.82, 2.24) is 15.1 Å². The summed E-state index contributed by atoms with van der Waals surface area (Å²) >= 11 is 0. The lowest BCUT2D eigenvalue weighted by atomic mass is 9.84. The molecule has 1 fully saturated rings. The van der Waals surface area contributed by atoms with Crippen LogP contribution >= 0.6 is 0 Å². The average Bonchev–Trinajstić information content (AvgIpc) is 2.64. The van der Waals surface area contributed by atoms with Gasteiger partial charge in [0.15, 0.2) is 0 Å². The minimum atomic E-state index is -0.728. The molecule has 1 aliphatic rings. The van der Waals surface area contributed by atoms with Gasteiger partial charge in [-0.25, -0.2) is 0 Å². The van der Waals surface area contributed by atoms with Crippen molar-refractivity contribution < 1.29 is 9.90 Å². The van der Waals surface area contributed by atoms with Crippen molar-refractivity contribution in [2.45, 2.75) is 12.3 Å². The number of carboxylic acids is 1. The van der Waals surface area contributed by atoms with E-state index in [9.17, 15) is 4.79 Å². The molecule has 0 aliphatic carbocycles. The average molecular weight is 209 g/mol. The van der Waals surface area contributed by atoms with Crippen molar-refractivity contribution in [2.24, 2.45) is 13.0 Å². The summed E-state index contributed by atoms with van der Waals surface area (Å²) < 4.78 is 1.77. The van der Waals surface area contributed by atoms with Crippen molar-refractivity contribution in [1.29, 1.82) is 0 Å². The lowest BCUT2D eigenvalue weighted by molar-refractivity contribution is -0.143. The predicted octanol–water partition coefficient (Wildman–Crippen LogP) is 0.198. The summed E-state index contributed by atoms with van der Waals surface area (Å²) in [6.45, 7) is 1.42. The maximum atomic E-state index is 11.1. The van der Waals surface area contributed by atoms with Crippen LogP contribution in [0.1, 0.15) is 18.0 Å². The molecule has 0 bridgehead atoms. The number of hydrogen-bond acceptors (Lipinski definition) is 3. The van der Waals surface area contributed by atoms with Gasteiger partial charge in [0, 0.05) is 31.4 Å². The number of nitrogens with one attached hydrogen (secondary N) is 1. The van der Waals surface area contributed by atoms with Crippen molar-refractivity contribution in [3.8, 4) is 0 Å². The van der Waals surface area contributed by atoms with Crippen LogP contribution in [0.15, 0.2) is 12.3 Å². The number of carboxylic acid groups (broad SMARTS) is 1. The van der Waals surface area contributed by atoms with Crippen LogP contribution in [0, 0.1) is 5.92 Å². The Morgan fingerprint density at radius 2 is 2.53 bits per heavy atom. The van der Waals surface area contributed by atoms with Gasteiger partial charge < -0.3 is 10.4 Å². The molecule has 0 radical (unpaired) electrons. The Labute approximate surface area is 88.1 Å². The largest absolute Gasteiger partial charge is 0.481 e. The van der Waals surface area contributed by atoms with Crippen LogP contribution in [0.4, 0.5) is 0 Å². The lowest BCUT2D eigenvalue weighted by Gasteiger charge is -2.29. The number of aliphatic carboxylic acids is 1. The van der Waals surface area contributed by atoms with Gasteiger partial charge in [0.25, 0.3) is 0 Å². The molecule has 2 rings (SSSR count). The first kappa shape index (κ1) is 10.2. The van der Waals surface area contributed by atoms with E-state index in [2.05, 4.69) is 10.4 Å². The molecule has 1 aromatic rings. The Morgan fingerprint density at radius 3 is 3.13 bits per heavy atom. The molecular formula is C10H15N3O2. The van der Waals surface area contributed by atoms with Gasteiger partial charge in [-0.3, -0.25) is 9.48 Å². The van der Waals surface area contributed by atoms with Crippen molar-refractivity contribution in [2.75, 3.05) is 13.1 Å². The Balaban J connectivity index is 2.25. The van der Waals surface area contributed by atoms with E-state index in [4.69, 9.17) is 5.11 Å². The normalized spacial score (nSPS) is 26.5. The van der Waals surface area contributed by atoms with Crippen molar-refractivity contribution in [3.05, 3.63) is 18.0 Å². The smallest absolute Gasteiger partial charge is 0.308 e. The highest BCUT2D eigenvalue weighted by Gasteiger charge is 2.33. The molecular weight excluding hydrogens is 194 g/mol. The van der Waals surface area contributed by atoms with Gasteiger partial charge in [0.05, 0.1) is 5.92 Å². The maximum Gasteiger partial charge on any atom is 0.308 e. The van der Waals surface area contributed by atoms with E-state index >= 15 is 0 Å². The number of hydrogen-bond donors (Lipinski definition) is 2. The molecule has 0 spiro atoms. The van der Waals surface area contributed by atoms with E-state index in [1.807, 2.05) is 13.1 Å². The van der Waals surface area contributed by atoms with Crippen LogP contribution in [0.2, 0.25) is 0 Å². The predicted molar refractivity (Wildman–Crippen MR) is 54.6 cm³/mol. The highest BCUT2D eigenvalue weighted by Crippen LogP contribution is 2.29. The number of nitrogens with zero attached hydrogens (tertiary/aromatic N) is 2. The van der Waals surface area contributed by atoms with Crippen molar-refractivity contribution in [3.63, 3.8) is 0 Å². The third-order valence-electron chi connectivity index (χ3n) is 3.04. The van der Waals surface area contributed by atoms with Crippen LogP contribution in [-0.4, -0.2) is 33.9 Å². The second-order valence-corrected chi connectivity index (χ2v) is 3.92. The Hall–Kier alpha value is -1.36. The molecule has 82 valence electrons. The third-order valence-corrected chi connectivity index (χ3v) is 3.04. The molecule has 1 aliphatic heterocycles. The van der Waals surface area contributed by atoms with Crippen LogP contribution in [0.25, 0.3) is 0 Å². The summed E-state index contributed by atoms with van der Waals surface area (Å²) in [6, 6.07) is 1.91. The van der Waals surface area contributed by atoms with Gasteiger partial charge >= 0.3 is 5.97 Å². The summed E-state index contributed by atoms with van der Waals surface area (Å²) in [5, 5.41) is 16.3. The zero-order valence-electron chi connectivity index (χ0n) is 8.68. The van der Waals surface area contributed by atoms with Gasteiger partial charge in [-0.2, -0.15) is 5.10 Å². The van der Waals surface area contributed by atoms with E-state index in [1.165, 1.54) is 0 Å². The number of carbonyl (C=O) groups is 1. The van der Waals surface area contributed by atoms with E-state index in [-0.39, 0.29) is 11.8 Å². The SMILES string of the molecule is Cn1nccc1C1CCNCC1C(=O)O. The zero-order valence-corrected chi connectivity index (χ0v) is 8.68. The molecule has 2 unspecified atom stereocenters. The van der Waals surface area contributed by atoms with Gasteiger partial charge in [0.1, 0.15) is 0 Å². The van der Waals surface area contributed by atoms with Crippen LogP contribution in [-0.2, 0) is 11.8 Å². The minimum absolute atomic E-state index is 0.0799. The molecule has 0 amide bonds. The first-order valence-corrected chi connectivity index (χ1v) is 5.11. The minimum Gasteiger partial charge on any atom is -0.481 e. The fourth-order valence-electron chi connectivity index (χ4n) is 2.22. The third kappa shape index (κ3) is 1.87. The number of piperidine rings is 1. The molecule has 0 saturated carbocycles. The van der Waals surface area contributed by atoms with E-state index < -0.39 is 5.97 Å². The highest BCUT2D eigenvalue weighted by molar-refractivity contribution is 5.71. The quantitative estimate of drug-likeness (QED) is 0.730. The lowest BCUT2D eigenvalue weighted by Crippen LogP contribution is -2.40. The molecule has 1 aromatic heterocycles. The topological polar surface area (TPSA) is 67.2 Å². The summed E-state index contributed by atoms with van der Waals surface area (Å²) in [6.07, 6.45) is 2.58. The van der Waals surface area contributed by atoms with Gasteiger partial charge in [-0.1, -0.05) is 0 Å². The molecule has 5 nitrogen and oxygen atoms in total. The van der Waals surface area contributed by atoms with Gasteiger partial charge in [-0.15, -0.1) is 0 Å². The summed E-state index contributed by atoms with van der Waals surface area (Å²) in [7, 11) is 1.86. The second kappa shape index (κ2) is 4.02. The molecule has 1 saturated heterocycles. The maximum absolute atomic E-state index is 11.1. The first-order valence-electron chi connectivity index (χ1n) is 5.11. The fraction of sp³-hybridized carbons (Fsp3) is 0.600.